The van der Waals surface area contributed by atoms with Gasteiger partial charge in [0.15, 0.2) is 5.78 Å². The van der Waals surface area contributed by atoms with E-state index in [1.165, 1.54) is 19.1 Å². The molecule has 2 aromatic rings. The van der Waals surface area contributed by atoms with Crippen molar-refractivity contribution in [2.75, 3.05) is 24.6 Å². The molecule has 0 fully saturated rings. The number of esters is 1. The molecule has 0 aliphatic carbocycles. The third-order valence-electron chi connectivity index (χ3n) is 3.94. The van der Waals surface area contributed by atoms with Crippen molar-refractivity contribution in [1.82, 2.24) is 0 Å². The van der Waals surface area contributed by atoms with Gasteiger partial charge in [-0.25, -0.2) is 0 Å². The second-order valence-electron chi connectivity index (χ2n) is 6.16. The highest BCUT2D eigenvalue weighted by atomic mass is 16.6. The number of nitro benzene ring substituents is 1. The number of carbonyl (C=O) groups excluding carboxylic acids is 2. The molecule has 154 valence electrons. The minimum Gasteiger partial charge on any atom is -0.456 e. The van der Waals surface area contributed by atoms with Crippen LogP contribution in [0.4, 0.5) is 22.7 Å². The fraction of sp³-hybridized carbons (Fsp3) is 0.250. The number of non-ortho nitro benzene ring substituents is 1. The summed E-state index contributed by atoms with van der Waals surface area (Å²) in [5.41, 5.74) is 1.32. The Bertz CT molecular complexity index is 1010. The lowest BCUT2D eigenvalue weighted by Gasteiger charge is -2.21. The van der Waals surface area contributed by atoms with Crippen molar-refractivity contribution in [3.8, 4) is 6.07 Å². The van der Waals surface area contributed by atoms with Crippen LogP contribution in [-0.2, 0) is 14.3 Å². The van der Waals surface area contributed by atoms with Gasteiger partial charge in [-0.2, -0.15) is 10.4 Å². The zero-order chi connectivity index (χ0) is 22.1. The molecule has 0 unspecified atom stereocenters. The highest BCUT2D eigenvalue weighted by Crippen LogP contribution is 2.27. The zero-order valence-corrected chi connectivity index (χ0v) is 16.4. The molecule has 2 aromatic carbocycles. The van der Waals surface area contributed by atoms with E-state index < -0.39 is 10.9 Å². The van der Waals surface area contributed by atoms with Gasteiger partial charge in [-0.15, -0.1) is 5.11 Å². The van der Waals surface area contributed by atoms with Gasteiger partial charge in [0.25, 0.3) is 5.69 Å². The van der Waals surface area contributed by atoms with Gasteiger partial charge in [-0.05, 0) is 44.2 Å². The molecule has 0 amide bonds. The largest absolute Gasteiger partial charge is 0.456 e. The molecular weight excluding hydrogens is 390 g/mol. The summed E-state index contributed by atoms with van der Waals surface area (Å²) >= 11 is 0. The number of rotatable bonds is 9. The smallest absolute Gasteiger partial charge is 0.325 e. The topological polar surface area (TPSA) is 138 Å². The van der Waals surface area contributed by atoms with E-state index in [1.807, 2.05) is 13.0 Å². The first-order chi connectivity index (χ1) is 14.3. The summed E-state index contributed by atoms with van der Waals surface area (Å²) in [4.78, 5) is 34.7. The summed E-state index contributed by atoms with van der Waals surface area (Å²) in [6.07, 6.45) is 0. The number of ether oxygens (including phenoxy) is 1. The molecule has 0 aromatic heterocycles. The van der Waals surface area contributed by atoms with Crippen molar-refractivity contribution in [2.24, 2.45) is 10.2 Å². The fourth-order valence-corrected chi connectivity index (χ4v) is 2.43. The van der Waals surface area contributed by atoms with Gasteiger partial charge < -0.3 is 9.64 Å². The summed E-state index contributed by atoms with van der Waals surface area (Å²) in [6.45, 7) is 3.52. The van der Waals surface area contributed by atoms with Crippen LogP contribution in [-0.4, -0.2) is 36.4 Å². The Morgan fingerprint density at radius 1 is 1.20 bits per heavy atom. The van der Waals surface area contributed by atoms with E-state index in [4.69, 9.17) is 10.00 Å². The van der Waals surface area contributed by atoms with E-state index >= 15 is 0 Å². The van der Waals surface area contributed by atoms with Crippen LogP contribution >= 0.6 is 0 Å². The maximum absolute atomic E-state index is 11.8. The molecule has 0 bridgehead atoms. The summed E-state index contributed by atoms with van der Waals surface area (Å²) in [5, 5.41) is 28.0. The van der Waals surface area contributed by atoms with Crippen molar-refractivity contribution in [2.45, 2.75) is 13.8 Å². The SMILES string of the molecule is CCN(CC(=O)OCC(C)=O)c1ccc(N=Nc2ccc([N+](=O)[O-])cc2C#N)cc1. The maximum atomic E-state index is 11.8. The predicted octanol–water partition coefficient (Wildman–Crippen LogP) is 3.84. The van der Waals surface area contributed by atoms with Crippen LogP contribution in [0.5, 0.6) is 0 Å². The van der Waals surface area contributed by atoms with Crippen LogP contribution in [0.15, 0.2) is 52.7 Å². The fourth-order valence-electron chi connectivity index (χ4n) is 2.43. The van der Waals surface area contributed by atoms with Crippen molar-refractivity contribution >= 4 is 34.5 Å². The summed E-state index contributed by atoms with van der Waals surface area (Å²) in [7, 11) is 0. The van der Waals surface area contributed by atoms with Gasteiger partial charge in [0.05, 0.1) is 16.2 Å². The number of Topliss-reactive ketones (excluding diaryl/α,β-unsaturated/α-hetero) is 1. The first-order valence-corrected chi connectivity index (χ1v) is 8.94. The first kappa shape index (κ1) is 22.2. The third-order valence-corrected chi connectivity index (χ3v) is 3.94. The Labute approximate surface area is 172 Å². The van der Waals surface area contributed by atoms with Gasteiger partial charge in [0.1, 0.15) is 24.9 Å². The van der Waals surface area contributed by atoms with Crippen LogP contribution in [0.1, 0.15) is 19.4 Å². The van der Waals surface area contributed by atoms with Crippen LogP contribution in [0, 0.1) is 21.4 Å². The van der Waals surface area contributed by atoms with E-state index in [2.05, 4.69) is 10.2 Å². The normalized spacial score (nSPS) is 10.4. The molecule has 10 heteroatoms. The molecule has 0 aliphatic rings. The molecule has 30 heavy (non-hydrogen) atoms. The Morgan fingerprint density at radius 3 is 2.47 bits per heavy atom. The third kappa shape index (κ3) is 6.20. The van der Waals surface area contributed by atoms with Gasteiger partial charge in [-0.1, -0.05) is 0 Å². The van der Waals surface area contributed by atoms with E-state index in [0.29, 0.717) is 12.2 Å². The number of nitro groups is 1. The number of hydrogen-bond donors (Lipinski definition) is 0. The van der Waals surface area contributed by atoms with Crippen LogP contribution in [0.2, 0.25) is 0 Å². The molecule has 2 rings (SSSR count). The number of likely N-dealkylation sites (N-methyl/N-ethyl adjacent to an activating group) is 1. The quantitative estimate of drug-likeness (QED) is 0.265. The molecule has 0 radical (unpaired) electrons. The van der Waals surface area contributed by atoms with E-state index in [-0.39, 0.29) is 35.9 Å². The number of anilines is 1. The zero-order valence-electron chi connectivity index (χ0n) is 16.4. The molecule has 0 aliphatic heterocycles. The van der Waals surface area contributed by atoms with Gasteiger partial charge in [0.2, 0.25) is 0 Å². The molecule has 0 spiro atoms. The Kier molecular flexibility index (Phi) is 7.70. The van der Waals surface area contributed by atoms with Crippen LogP contribution < -0.4 is 4.90 Å². The van der Waals surface area contributed by atoms with E-state index in [0.717, 1.165) is 11.8 Å². The molecule has 0 heterocycles. The maximum Gasteiger partial charge on any atom is 0.325 e. The number of ketones is 1. The van der Waals surface area contributed by atoms with Gasteiger partial charge in [0, 0.05) is 24.4 Å². The van der Waals surface area contributed by atoms with E-state index in [9.17, 15) is 19.7 Å². The molecule has 0 atom stereocenters. The van der Waals surface area contributed by atoms with Gasteiger partial charge >= 0.3 is 5.97 Å². The number of hydrogen-bond acceptors (Lipinski definition) is 9. The lowest BCUT2D eigenvalue weighted by atomic mass is 10.2. The Balaban J connectivity index is 2.10. The first-order valence-electron chi connectivity index (χ1n) is 8.94. The average molecular weight is 409 g/mol. The van der Waals surface area contributed by atoms with Crippen molar-refractivity contribution in [3.05, 3.63) is 58.1 Å². The standard InChI is InChI=1S/C20H19N5O5/c1-3-24(12-20(27)30-13-14(2)26)17-6-4-16(5-7-17)22-23-19-9-8-18(25(28)29)10-15(19)11-21/h4-10H,3,12-13H2,1-2H3. The predicted molar refractivity (Wildman–Crippen MR) is 108 cm³/mol. The second-order valence-corrected chi connectivity index (χ2v) is 6.16. The molecule has 0 saturated carbocycles. The number of azo groups is 1. The summed E-state index contributed by atoms with van der Waals surface area (Å²) in [5.74, 6) is -0.730. The van der Waals surface area contributed by atoms with Crippen LogP contribution in [0.3, 0.4) is 0 Å². The Hall–Kier alpha value is -4.13. The molecule has 10 nitrogen and oxygen atoms in total. The number of nitrogens with zero attached hydrogens (tertiary/aromatic N) is 5. The monoisotopic (exact) mass is 409 g/mol. The lowest BCUT2D eigenvalue weighted by molar-refractivity contribution is -0.384. The highest BCUT2D eigenvalue weighted by Gasteiger charge is 2.12. The van der Waals surface area contributed by atoms with Crippen molar-refractivity contribution in [1.29, 1.82) is 5.26 Å². The van der Waals surface area contributed by atoms with Crippen molar-refractivity contribution in [3.63, 3.8) is 0 Å². The number of carbonyl (C=O) groups is 2. The summed E-state index contributed by atoms with van der Waals surface area (Å²) < 4.78 is 4.88. The lowest BCUT2D eigenvalue weighted by Crippen LogP contribution is -2.31. The minimum atomic E-state index is -0.587. The second kappa shape index (κ2) is 10.4. The summed E-state index contributed by atoms with van der Waals surface area (Å²) in [6, 6.07) is 12.5. The highest BCUT2D eigenvalue weighted by molar-refractivity contribution is 5.82. The number of nitriles is 1. The molecule has 0 saturated heterocycles. The minimum absolute atomic E-state index is 0.00102. The van der Waals surface area contributed by atoms with Gasteiger partial charge in [-0.3, -0.25) is 19.7 Å². The van der Waals surface area contributed by atoms with Crippen molar-refractivity contribution < 1.29 is 19.2 Å². The molecular formula is C20H19N5O5. The molecule has 0 N–H and O–H groups in total. The van der Waals surface area contributed by atoms with E-state index in [1.54, 1.807) is 29.2 Å². The number of benzene rings is 2. The Morgan fingerprint density at radius 2 is 1.90 bits per heavy atom. The van der Waals surface area contributed by atoms with Crippen LogP contribution in [0.25, 0.3) is 0 Å². The average Bonchev–Trinajstić information content (AvgIpc) is 2.74.